The minimum absolute atomic E-state index is 0. The van der Waals surface area contributed by atoms with Gasteiger partial charge in [0.2, 0.25) is 0 Å². The Hall–Kier alpha value is 0.0400. The second-order valence-corrected chi connectivity index (χ2v) is 6.88. The molecule has 0 aliphatic carbocycles. The second-order valence-electron chi connectivity index (χ2n) is 4.89. The highest BCUT2D eigenvalue weighted by molar-refractivity contribution is 7.86. The minimum atomic E-state index is -3.47. The highest BCUT2D eigenvalue weighted by atomic mass is 35.5. The Kier molecular flexibility index (Phi) is 10.7. The Balaban J connectivity index is 0.00000400. The molecular weight excluding hydrogens is 318 g/mol. The van der Waals surface area contributed by atoms with E-state index in [0.717, 1.165) is 25.9 Å². The van der Waals surface area contributed by atoms with Gasteiger partial charge in [0.15, 0.2) is 0 Å². The van der Waals surface area contributed by atoms with Crippen molar-refractivity contribution in [2.75, 3.05) is 60.7 Å². The van der Waals surface area contributed by atoms with Gasteiger partial charge < -0.3 is 14.8 Å². The molecule has 0 radical (unpaired) electrons. The second kappa shape index (κ2) is 10.7. The molecule has 0 spiro atoms. The Morgan fingerprint density at radius 1 is 1.10 bits per heavy atom. The van der Waals surface area contributed by atoms with Gasteiger partial charge in [-0.2, -0.15) is 17.0 Å². The van der Waals surface area contributed by atoms with Gasteiger partial charge in [-0.15, -0.1) is 12.4 Å². The quantitative estimate of drug-likeness (QED) is 0.633. The molecule has 0 aromatic carbocycles. The molecule has 1 rings (SSSR count). The standard InChI is InChI=1S/C12H27N3O4S.ClH/c1-14(12-4-6-13-7-5-12)20(16,17)15(8-10-18-2)9-11-19-3;/h12-13H,4-11H2,1-3H3;1H. The molecule has 1 heterocycles. The average molecular weight is 346 g/mol. The van der Waals surface area contributed by atoms with Crippen molar-refractivity contribution >= 4 is 22.6 Å². The smallest absolute Gasteiger partial charge is 0.282 e. The fourth-order valence-corrected chi connectivity index (χ4v) is 3.83. The van der Waals surface area contributed by atoms with Gasteiger partial charge in [0, 0.05) is 40.4 Å². The molecule has 0 aromatic heterocycles. The van der Waals surface area contributed by atoms with Crippen molar-refractivity contribution in [3.05, 3.63) is 0 Å². The van der Waals surface area contributed by atoms with Gasteiger partial charge in [0.1, 0.15) is 0 Å². The van der Waals surface area contributed by atoms with Crippen molar-refractivity contribution in [1.29, 1.82) is 0 Å². The zero-order chi connectivity index (χ0) is 15.0. The number of rotatable bonds is 9. The van der Waals surface area contributed by atoms with E-state index >= 15 is 0 Å². The Morgan fingerprint density at radius 2 is 1.57 bits per heavy atom. The highest BCUT2D eigenvalue weighted by Crippen LogP contribution is 2.16. The molecule has 9 heteroatoms. The summed E-state index contributed by atoms with van der Waals surface area (Å²) in [5.74, 6) is 0. The Bertz CT molecular complexity index is 356. The Morgan fingerprint density at radius 3 is 2.00 bits per heavy atom. The molecular formula is C12H28ClN3O4S. The number of hydrogen-bond donors (Lipinski definition) is 1. The number of methoxy groups -OCH3 is 2. The van der Waals surface area contributed by atoms with Crippen LogP contribution >= 0.6 is 12.4 Å². The van der Waals surface area contributed by atoms with Crippen LogP contribution in [0.4, 0.5) is 0 Å². The summed E-state index contributed by atoms with van der Waals surface area (Å²) < 4.78 is 38.3. The fraction of sp³-hybridized carbons (Fsp3) is 1.00. The van der Waals surface area contributed by atoms with Crippen molar-refractivity contribution in [3.63, 3.8) is 0 Å². The number of ether oxygens (including phenoxy) is 2. The third-order valence-electron chi connectivity index (χ3n) is 3.60. The lowest BCUT2D eigenvalue weighted by Crippen LogP contribution is -2.51. The number of nitrogens with zero attached hydrogens (tertiary/aromatic N) is 2. The van der Waals surface area contributed by atoms with Crippen molar-refractivity contribution in [2.24, 2.45) is 0 Å². The van der Waals surface area contributed by atoms with Crippen molar-refractivity contribution in [1.82, 2.24) is 13.9 Å². The summed E-state index contributed by atoms with van der Waals surface area (Å²) in [7, 11) is 1.33. The summed E-state index contributed by atoms with van der Waals surface area (Å²) >= 11 is 0. The van der Waals surface area contributed by atoms with Crippen LogP contribution in [-0.4, -0.2) is 83.7 Å². The first-order valence-electron chi connectivity index (χ1n) is 6.95. The van der Waals surface area contributed by atoms with Gasteiger partial charge in [-0.25, -0.2) is 0 Å². The van der Waals surface area contributed by atoms with E-state index in [4.69, 9.17) is 9.47 Å². The lowest BCUT2D eigenvalue weighted by atomic mass is 10.1. The molecule has 1 fully saturated rings. The van der Waals surface area contributed by atoms with Crippen molar-refractivity contribution in [2.45, 2.75) is 18.9 Å². The van der Waals surface area contributed by atoms with Gasteiger partial charge in [0.05, 0.1) is 13.2 Å². The monoisotopic (exact) mass is 345 g/mol. The van der Waals surface area contributed by atoms with Crippen LogP contribution in [0.3, 0.4) is 0 Å². The molecule has 0 aromatic rings. The van der Waals surface area contributed by atoms with E-state index in [1.165, 1.54) is 8.61 Å². The number of hydrogen-bond acceptors (Lipinski definition) is 5. The van der Waals surface area contributed by atoms with E-state index in [1.807, 2.05) is 0 Å². The topological polar surface area (TPSA) is 71.1 Å². The maximum Gasteiger partial charge on any atom is 0.282 e. The number of halogens is 1. The first-order valence-corrected chi connectivity index (χ1v) is 8.35. The first-order chi connectivity index (χ1) is 9.54. The maximum absolute atomic E-state index is 12.7. The Labute approximate surface area is 134 Å². The molecule has 1 aliphatic rings. The summed E-state index contributed by atoms with van der Waals surface area (Å²) in [5.41, 5.74) is 0. The molecule has 7 nitrogen and oxygen atoms in total. The molecule has 1 aliphatic heterocycles. The third kappa shape index (κ3) is 6.35. The summed E-state index contributed by atoms with van der Waals surface area (Å²) in [5, 5.41) is 3.24. The molecule has 0 bridgehead atoms. The van der Waals surface area contributed by atoms with E-state index < -0.39 is 10.2 Å². The SMILES string of the molecule is COCCN(CCOC)S(=O)(=O)N(C)C1CCNCC1.Cl. The van der Waals surface area contributed by atoms with Crippen molar-refractivity contribution in [3.8, 4) is 0 Å². The largest absolute Gasteiger partial charge is 0.383 e. The van der Waals surface area contributed by atoms with Crippen LogP contribution in [0.5, 0.6) is 0 Å². The van der Waals surface area contributed by atoms with Crippen molar-refractivity contribution < 1.29 is 17.9 Å². The van der Waals surface area contributed by atoms with E-state index in [0.29, 0.717) is 26.3 Å². The van der Waals surface area contributed by atoms with Crippen LogP contribution in [0.15, 0.2) is 0 Å². The predicted octanol–water partition coefficient (Wildman–Crippen LogP) is -0.0684. The summed E-state index contributed by atoms with van der Waals surface area (Å²) in [6.45, 7) is 3.17. The normalized spacial score (nSPS) is 17.2. The zero-order valence-electron chi connectivity index (χ0n) is 13.1. The van der Waals surface area contributed by atoms with Crippen LogP contribution < -0.4 is 5.32 Å². The van der Waals surface area contributed by atoms with Gasteiger partial charge in [0.25, 0.3) is 10.2 Å². The van der Waals surface area contributed by atoms with Gasteiger partial charge >= 0.3 is 0 Å². The molecule has 0 saturated carbocycles. The van der Waals surface area contributed by atoms with E-state index in [-0.39, 0.29) is 18.4 Å². The molecule has 0 atom stereocenters. The average Bonchev–Trinajstić information content (AvgIpc) is 2.47. The van der Waals surface area contributed by atoms with E-state index in [1.54, 1.807) is 21.3 Å². The first kappa shape index (κ1) is 21.0. The molecule has 21 heavy (non-hydrogen) atoms. The zero-order valence-corrected chi connectivity index (χ0v) is 14.7. The maximum atomic E-state index is 12.7. The summed E-state index contributed by atoms with van der Waals surface area (Å²) in [4.78, 5) is 0. The molecule has 128 valence electrons. The fourth-order valence-electron chi connectivity index (χ4n) is 2.27. The molecule has 1 N–H and O–H groups in total. The summed E-state index contributed by atoms with van der Waals surface area (Å²) in [6.07, 6.45) is 1.69. The van der Waals surface area contributed by atoms with Gasteiger partial charge in [-0.05, 0) is 25.9 Å². The van der Waals surface area contributed by atoms with Crippen LogP contribution in [0.2, 0.25) is 0 Å². The lowest BCUT2D eigenvalue weighted by molar-refractivity contribution is 0.145. The van der Waals surface area contributed by atoms with Crippen LogP contribution in [0, 0.1) is 0 Å². The number of nitrogens with one attached hydrogen (secondary N) is 1. The minimum Gasteiger partial charge on any atom is -0.383 e. The number of piperidine rings is 1. The van der Waals surface area contributed by atoms with Gasteiger partial charge in [-0.3, -0.25) is 0 Å². The molecule has 1 saturated heterocycles. The van der Waals surface area contributed by atoms with E-state index in [2.05, 4.69) is 5.32 Å². The molecule has 0 unspecified atom stereocenters. The van der Waals surface area contributed by atoms with Crippen LogP contribution in [0.1, 0.15) is 12.8 Å². The summed E-state index contributed by atoms with van der Waals surface area (Å²) in [6, 6.07) is 0.0637. The predicted molar refractivity (Wildman–Crippen MR) is 85.1 cm³/mol. The van der Waals surface area contributed by atoms with Gasteiger partial charge in [-0.1, -0.05) is 0 Å². The van der Waals surface area contributed by atoms with E-state index in [9.17, 15) is 8.42 Å². The molecule has 0 amide bonds. The van der Waals surface area contributed by atoms with Crippen LogP contribution in [-0.2, 0) is 19.7 Å². The third-order valence-corrected chi connectivity index (χ3v) is 5.65. The highest BCUT2D eigenvalue weighted by Gasteiger charge is 2.32. The lowest BCUT2D eigenvalue weighted by Gasteiger charge is -2.34. The van der Waals surface area contributed by atoms with Crippen LogP contribution in [0.25, 0.3) is 0 Å².